The molecular weight excluding hydrogens is 226 g/mol. The van der Waals surface area contributed by atoms with Gasteiger partial charge in [-0.1, -0.05) is 23.4 Å². The van der Waals surface area contributed by atoms with Crippen molar-refractivity contribution in [2.45, 2.75) is 26.4 Å². The normalized spacial score (nSPS) is 10.6. The minimum atomic E-state index is 0.385. The van der Waals surface area contributed by atoms with Crippen LogP contribution < -0.4 is 10.5 Å². The smallest absolute Gasteiger partial charge is 0.299 e. The molecule has 7 heteroatoms. The van der Waals surface area contributed by atoms with Crippen LogP contribution in [0.2, 0.25) is 0 Å². The Morgan fingerprint density at radius 1 is 1.50 bits per heavy atom. The summed E-state index contributed by atoms with van der Waals surface area (Å²) in [4.78, 5) is 0. The summed E-state index contributed by atoms with van der Waals surface area (Å²) in [5, 5.41) is 13.1. The zero-order valence-corrected chi connectivity index (χ0v) is 9.78. The molecule has 0 bridgehead atoms. The molecule has 2 N–H and O–H groups in total. The fourth-order valence-electron chi connectivity index (χ4n) is 1.21. The van der Waals surface area contributed by atoms with Gasteiger partial charge in [-0.3, -0.25) is 4.68 Å². The summed E-state index contributed by atoms with van der Waals surface area (Å²) in [6, 6.07) is 0. The third-order valence-electron chi connectivity index (χ3n) is 1.89. The van der Waals surface area contributed by atoms with Crippen molar-refractivity contribution in [2.75, 3.05) is 0 Å². The van der Waals surface area contributed by atoms with Crippen molar-refractivity contribution in [2.24, 2.45) is 5.73 Å². The van der Waals surface area contributed by atoms with Crippen molar-refractivity contribution in [3.63, 3.8) is 0 Å². The first-order chi connectivity index (χ1) is 7.81. The van der Waals surface area contributed by atoms with E-state index in [1.54, 1.807) is 6.20 Å². The largest absolute Gasteiger partial charge is 0.426 e. The maximum atomic E-state index is 5.49. The van der Waals surface area contributed by atoms with Gasteiger partial charge in [-0.2, -0.15) is 5.10 Å². The highest BCUT2D eigenvalue weighted by Gasteiger charge is 2.06. The highest BCUT2D eigenvalue weighted by Crippen LogP contribution is 2.24. The van der Waals surface area contributed by atoms with Crippen LogP contribution in [0.1, 0.15) is 18.4 Å². The SMILES string of the molecule is CCCn1cc(Oc2nnc(CN)s2)cn1. The Hall–Kier alpha value is -1.47. The summed E-state index contributed by atoms with van der Waals surface area (Å²) in [5.41, 5.74) is 5.44. The summed E-state index contributed by atoms with van der Waals surface area (Å²) in [6.07, 6.45) is 4.55. The van der Waals surface area contributed by atoms with Gasteiger partial charge in [-0.15, -0.1) is 5.10 Å². The number of nitrogens with zero attached hydrogens (tertiary/aromatic N) is 4. The van der Waals surface area contributed by atoms with Gasteiger partial charge < -0.3 is 10.5 Å². The van der Waals surface area contributed by atoms with Gasteiger partial charge in [0.2, 0.25) is 0 Å². The minimum absolute atomic E-state index is 0.385. The Bertz CT molecular complexity index is 452. The lowest BCUT2D eigenvalue weighted by Gasteiger charge is -1.96. The molecule has 2 aromatic rings. The van der Waals surface area contributed by atoms with E-state index in [1.807, 2.05) is 10.9 Å². The zero-order valence-electron chi connectivity index (χ0n) is 8.96. The van der Waals surface area contributed by atoms with E-state index in [-0.39, 0.29) is 0 Å². The van der Waals surface area contributed by atoms with Crippen LogP contribution in [0, 0.1) is 0 Å². The van der Waals surface area contributed by atoms with Gasteiger partial charge >= 0.3 is 0 Å². The van der Waals surface area contributed by atoms with Crippen LogP contribution in [0.4, 0.5) is 0 Å². The van der Waals surface area contributed by atoms with Crippen LogP contribution in [0.25, 0.3) is 0 Å². The molecule has 0 amide bonds. The van der Waals surface area contributed by atoms with Crippen LogP contribution in [0.5, 0.6) is 10.9 Å². The van der Waals surface area contributed by atoms with Gasteiger partial charge in [-0.05, 0) is 6.42 Å². The predicted molar refractivity (Wildman–Crippen MR) is 60.4 cm³/mol. The Morgan fingerprint density at radius 3 is 3.06 bits per heavy atom. The molecule has 6 nitrogen and oxygen atoms in total. The third-order valence-corrected chi connectivity index (χ3v) is 2.71. The molecule has 2 heterocycles. The summed E-state index contributed by atoms with van der Waals surface area (Å²) < 4.78 is 7.33. The van der Waals surface area contributed by atoms with E-state index >= 15 is 0 Å². The molecule has 0 unspecified atom stereocenters. The lowest BCUT2D eigenvalue weighted by Crippen LogP contribution is -1.95. The number of rotatable bonds is 5. The Balaban J connectivity index is 2.02. The summed E-state index contributed by atoms with van der Waals surface area (Å²) in [7, 11) is 0. The van der Waals surface area contributed by atoms with Crippen molar-refractivity contribution in [1.29, 1.82) is 0 Å². The van der Waals surface area contributed by atoms with Crippen LogP contribution in [-0.2, 0) is 13.1 Å². The molecule has 0 saturated carbocycles. The van der Waals surface area contributed by atoms with Crippen molar-refractivity contribution < 1.29 is 4.74 Å². The molecule has 0 aromatic carbocycles. The lowest BCUT2D eigenvalue weighted by atomic mass is 10.5. The van der Waals surface area contributed by atoms with E-state index in [9.17, 15) is 0 Å². The van der Waals surface area contributed by atoms with E-state index in [0.29, 0.717) is 17.5 Å². The first kappa shape index (κ1) is 11.0. The highest BCUT2D eigenvalue weighted by atomic mass is 32.1. The maximum absolute atomic E-state index is 5.49. The summed E-state index contributed by atoms with van der Waals surface area (Å²) >= 11 is 1.34. The number of hydrogen-bond donors (Lipinski definition) is 1. The fraction of sp³-hybridized carbons (Fsp3) is 0.444. The number of ether oxygens (including phenoxy) is 1. The van der Waals surface area contributed by atoms with Gasteiger partial charge in [0, 0.05) is 13.1 Å². The Labute approximate surface area is 97.1 Å². The molecule has 0 radical (unpaired) electrons. The molecule has 0 saturated heterocycles. The second-order valence-electron chi connectivity index (χ2n) is 3.21. The van der Waals surface area contributed by atoms with Crippen LogP contribution >= 0.6 is 11.3 Å². The van der Waals surface area contributed by atoms with Crippen LogP contribution in [-0.4, -0.2) is 20.0 Å². The van der Waals surface area contributed by atoms with Crippen molar-refractivity contribution in [1.82, 2.24) is 20.0 Å². The maximum Gasteiger partial charge on any atom is 0.299 e. The van der Waals surface area contributed by atoms with E-state index in [2.05, 4.69) is 22.2 Å². The fourth-order valence-corrected chi connectivity index (χ4v) is 1.80. The van der Waals surface area contributed by atoms with Crippen LogP contribution in [0.3, 0.4) is 0 Å². The number of hydrogen-bond acceptors (Lipinski definition) is 6. The molecule has 0 aliphatic heterocycles. The Kier molecular flexibility index (Phi) is 3.47. The monoisotopic (exact) mass is 239 g/mol. The molecule has 0 spiro atoms. The van der Waals surface area contributed by atoms with E-state index in [0.717, 1.165) is 18.0 Å². The van der Waals surface area contributed by atoms with Gasteiger partial charge in [-0.25, -0.2) is 0 Å². The topological polar surface area (TPSA) is 78.8 Å². The molecule has 0 atom stereocenters. The first-order valence-corrected chi connectivity index (χ1v) is 5.86. The average Bonchev–Trinajstić information content (AvgIpc) is 2.89. The molecule has 0 aliphatic carbocycles. The minimum Gasteiger partial charge on any atom is -0.426 e. The average molecular weight is 239 g/mol. The number of nitrogens with two attached hydrogens (primary N) is 1. The molecule has 16 heavy (non-hydrogen) atoms. The molecule has 0 fully saturated rings. The van der Waals surface area contributed by atoms with E-state index in [4.69, 9.17) is 10.5 Å². The molecule has 2 aromatic heterocycles. The third kappa shape index (κ3) is 2.56. The molecule has 0 aliphatic rings. The molecule has 86 valence electrons. The molecule has 2 rings (SSSR count). The van der Waals surface area contributed by atoms with Crippen molar-refractivity contribution in [3.05, 3.63) is 17.4 Å². The lowest BCUT2D eigenvalue weighted by molar-refractivity contribution is 0.471. The second-order valence-corrected chi connectivity index (χ2v) is 4.23. The molecular formula is C9H13N5OS. The zero-order chi connectivity index (χ0) is 11.4. The predicted octanol–water partition coefficient (Wildman–Crippen LogP) is 1.40. The first-order valence-electron chi connectivity index (χ1n) is 5.04. The van der Waals surface area contributed by atoms with Gasteiger partial charge in [0.25, 0.3) is 5.19 Å². The Morgan fingerprint density at radius 2 is 2.38 bits per heavy atom. The second kappa shape index (κ2) is 5.04. The van der Waals surface area contributed by atoms with Gasteiger partial charge in [0.05, 0.1) is 12.4 Å². The van der Waals surface area contributed by atoms with Crippen LogP contribution in [0.15, 0.2) is 12.4 Å². The highest BCUT2D eigenvalue weighted by molar-refractivity contribution is 7.13. The van der Waals surface area contributed by atoms with Crippen molar-refractivity contribution >= 4 is 11.3 Å². The summed E-state index contributed by atoms with van der Waals surface area (Å²) in [5.74, 6) is 0.674. The number of aromatic nitrogens is 4. The number of aryl methyl sites for hydroxylation is 1. The quantitative estimate of drug-likeness (QED) is 0.853. The van der Waals surface area contributed by atoms with Gasteiger partial charge in [0.15, 0.2) is 5.75 Å². The summed E-state index contributed by atoms with van der Waals surface area (Å²) in [6.45, 7) is 3.37. The van der Waals surface area contributed by atoms with Crippen molar-refractivity contribution in [3.8, 4) is 10.9 Å². The van der Waals surface area contributed by atoms with E-state index < -0.39 is 0 Å². The van der Waals surface area contributed by atoms with Gasteiger partial charge in [0.1, 0.15) is 5.01 Å². The standard InChI is InChI=1S/C9H13N5OS/c1-2-3-14-6-7(5-11-14)15-9-13-12-8(4-10)16-9/h5-6H,2-4,10H2,1H3. The van der Waals surface area contributed by atoms with E-state index in [1.165, 1.54) is 11.3 Å².